The van der Waals surface area contributed by atoms with Gasteiger partial charge < -0.3 is 0 Å². The predicted molar refractivity (Wildman–Crippen MR) is 117 cm³/mol. The standard InChI is InChI=1S/C27H33F/c1-3-20-6-10-23(11-7-20)25-16-17-26(27(28)18-25)24-14-12-22(13-15-24)21-8-4-19(2)5-9-21/h3,12-21,23H,1,4-11H2,2H3. The Bertz CT molecular complexity index is 788. The average molecular weight is 377 g/mol. The lowest BCUT2D eigenvalue weighted by Gasteiger charge is -2.27. The van der Waals surface area contributed by atoms with Crippen molar-refractivity contribution >= 4 is 0 Å². The number of allylic oxidation sites excluding steroid dienone is 1. The average Bonchev–Trinajstić information content (AvgIpc) is 2.74. The molecule has 1 heteroatoms. The normalized spacial score (nSPS) is 28.1. The summed E-state index contributed by atoms with van der Waals surface area (Å²) in [6.07, 6.45) is 12.0. The highest BCUT2D eigenvalue weighted by Crippen LogP contribution is 2.38. The van der Waals surface area contributed by atoms with Crippen LogP contribution in [0.2, 0.25) is 0 Å². The molecule has 0 amide bonds. The van der Waals surface area contributed by atoms with E-state index in [1.165, 1.54) is 44.1 Å². The summed E-state index contributed by atoms with van der Waals surface area (Å²) in [5.41, 5.74) is 4.31. The van der Waals surface area contributed by atoms with Crippen LogP contribution >= 0.6 is 0 Å². The molecule has 2 aliphatic carbocycles. The molecule has 0 nitrogen and oxygen atoms in total. The van der Waals surface area contributed by atoms with E-state index < -0.39 is 0 Å². The van der Waals surface area contributed by atoms with Gasteiger partial charge in [-0.1, -0.05) is 62.2 Å². The fraction of sp³-hybridized carbons (Fsp3) is 0.481. The molecule has 0 spiro atoms. The lowest BCUT2D eigenvalue weighted by atomic mass is 9.78. The van der Waals surface area contributed by atoms with Crippen molar-refractivity contribution in [2.75, 3.05) is 0 Å². The van der Waals surface area contributed by atoms with Gasteiger partial charge in [-0.15, -0.1) is 6.58 Å². The molecule has 0 saturated heterocycles. The van der Waals surface area contributed by atoms with Crippen molar-refractivity contribution in [1.29, 1.82) is 0 Å². The molecule has 2 fully saturated rings. The maximum atomic E-state index is 14.9. The molecule has 148 valence electrons. The van der Waals surface area contributed by atoms with E-state index in [1.54, 1.807) is 6.07 Å². The third kappa shape index (κ3) is 4.24. The Labute approximate surface area is 169 Å². The number of halogens is 1. The Hall–Kier alpha value is -1.89. The van der Waals surface area contributed by atoms with Crippen molar-refractivity contribution in [1.82, 2.24) is 0 Å². The summed E-state index contributed by atoms with van der Waals surface area (Å²) >= 11 is 0. The van der Waals surface area contributed by atoms with E-state index in [1.807, 2.05) is 6.07 Å². The number of benzene rings is 2. The van der Waals surface area contributed by atoms with Gasteiger partial charge in [0.25, 0.3) is 0 Å². The number of hydrogen-bond donors (Lipinski definition) is 0. The second kappa shape index (κ2) is 8.64. The Kier molecular flexibility index (Phi) is 5.99. The summed E-state index contributed by atoms with van der Waals surface area (Å²) < 4.78 is 14.9. The zero-order chi connectivity index (χ0) is 19.5. The number of rotatable bonds is 4. The van der Waals surface area contributed by atoms with Crippen molar-refractivity contribution in [2.24, 2.45) is 11.8 Å². The quantitative estimate of drug-likeness (QED) is 0.471. The molecule has 2 saturated carbocycles. The minimum atomic E-state index is -0.0809. The van der Waals surface area contributed by atoms with E-state index in [9.17, 15) is 4.39 Å². The van der Waals surface area contributed by atoms with Crippen molar-refractivity contribution in [3.63, 3.8) is 0 Å². The molecule has 28 heavy (non-hydrogen) atoms. The van der Waals surface area contributed by atoms with Crippen LogP contribution in [0.15, 0.2) is 55.1 Å². The van der Waals surface area contributed by atoms with Crippen molar-refractivity contribution < 1.29 is 4.39 Å². The molecule has 4 rings (SSSR count). The summed E-state index contributed by atoms with van der Waals surface area (Å²) in [6.45, 7) is 6.28. The topological polar surface area (TPSA) is 0 Å². The zero-order valence-corrected chi connectivity index (χ0v) is 17.2. The highest BCUT2D eigenvalue weighted by Gasteiger charge is 2.22. The third-order valence-electron chi connectivity index (χ3n) is 7.28. The van der Waals surface area contributed by atoms with Crippen molar-refractivity contribution in [2.45, 2.75) is 70.1 Å². The molecule has 2 aromatic rings. The maximum absolute atomic E-state index is 14.9. The van der Waals surface area contributed by atoms with Crippen LogP contribution in [0.5, 0.6) is 0 Å². The molecule has 0 N–H and O–H groups in total. The van der Waals surface area contributed by atoms with Crippen LogP contribution in [-0.2, 0) is 0 Å². The minimum absolute atomic E-state index is 0.0809. The van der Waals surface area contributed by atoms with Crippen LogP contribution in [0.3, 0.4) is 0 Å². The monoisotopic (exact) mass is 376 g/mol. The second-order valence-corrected chi connectivity index (χ2v) is 9.17. The highest BCUT2D eigenvalue weighted by molar-refractivity contribution is 5.65. The van der Waals surface area contributed by atoms with Gasteiger partial charge in [0.15, 0.2) is 0 Å². The van der Waals surface area contributed by atoms with Crippen LogP contribution in [0.4, 0.5) is 4.39 Å². The Morgan fingerprint density at radius 1 is 0.786 bits per heavy atom. The summed E-state index contributed by atoms with van der Waals surface area (Å²) in [6, 6.07) is 14.6. The van der Waals surface area contributed by atoms with Crippen LogP contribution in [0, 0.1) is 17.7 Å². The summed E-state index contributed by atoms with van der Waals surface area (Å²) in [5, 5.41) is 0. The van der Waals surface area contributed by atoms with Gasteiger partial charge in [0.1, 0.15) is 5.82 Å². The molecule has 0 atom stereocenters. The molecular formula is C27H33F. The fourth-order valence-electron chi connectivity index (χ4n) is 5.24. The largest absolute Gasteiger partial charge is 0.206 e. The van der Waals surface area contributed by atoms with Crippen LogP contribution in [-0.4, -0.2) is 0 Å². The maximum Gasteiger partial charge on any atom is 0.131 e. The van der Waals surface area contributed by atoms with E-state index in [0.29, 0.717) is 17.8 Å². The summed E-state index contributed by atoms with van der Waals surface area (Å²) in [4.78, 5) is 0. The van der Waals surface area contributed by atoms with Gasteiger partial charge in [-0.25, -0.2) is 4.39 Å². The first-order chi connectivity index (χ1) is 13.6. The van der Waals surface area contributed by atoms with Crippen LogP contribution in [0.25, 0.3) is 11.1 Å². The van der Waals surface area contributed by atoms with E-state index in [2.05, 4.69) is 49.9 Å². The van der Waals surface area contributed by atoms with Crippen molar-refractivity contribution in [3.05, 3.63) is 72.1 Å². The smallest absolute Gasteiger partial charge is 0.131 e. The number of hydrogen-bond acceptors (Lipinski definition) is 0. The van der Waals surface area contributed by atoms with Gasteiger partial charge in [0.2, 0.25) is 0 Å². The molecule has 0 aliphatic heterocycles. The summed E-state index contributed by atoms with van der Waals surface area (Å²) in [7, 11) is 0. The second-order valence-electron chi connectivity index (χ2n) is 9.17. The highest BCUT2D eigenvalue weighted by atomic mass is 19.1. The fourth-order valence-corrected chi connectivity index (χ4v) is 5.24. The molecule has 0 bridgehead atoms. The Balaban J connectivity index is 1.46. The van der Waals surface area contributed by atoms with Gasteiger partial charge in [0.05, 0.1) is 0 Å². The first kappa shape index (κ1) is 19.4. The molecule has 0 unspecified atom stereocenters. The van der Waals surface area contributed by atoms with Gasteiger partial charge in [-0.3, -0.25) is 0 Å². The zero-order valence-electron chi connectivity index (χ0n) is 17.2. The van der Waals surface area contributed by atoms with Gasteiger partial charge in [-0.2, -0.15) is 0 Å². The van der Waals surface area contributed by atoms with Crippen molar-refractivity contribution in [3.8, 4) is 11.1 Å². The molecular weight excluding hydrogens is 343 g/mol. The van der Waals surface area contributed by atoms with Gasteiger partial charge >= 0.3 is 0 Å². The Morgan fingerprint density at radius 2 is 1.36 bits per heavy atom. The molecule has 0 radical (unpaired) electrons. The predicted octanol–water partition coefficient (Wildman–Crippen LogP) is 8.25. The first-order valence-electron chi connectivity index (χ1n) is 11.2. The van der Waals surface area contributed by atoms with E-state index in [-0.39, 0.29) is 5.82 Å². The van der Waals surface area contributed by atoms with Crippen LogP contribution in [0.1, 0.15) is 81.3 Å². The molecule has 0 heterocycles. The molecule has 0 aromatic heterocycles. The van der Waals surface area contributed by atoms with Gasteiger partial charge in [0, 0.05) is 5.56 Å². The Morgan fingerprint density at radius 3 is 1.96 bits per heavy atom. The SMILES string of the molecule is C=CC1CCC(c2ccc(-c3ccc(C4CCC(C)CC4)cc3)c(F)c2)CC1. The lowest BCUT2D eigenvalue weighted by molar-refractivity contribution is 0.348. The lowest BCUT2D eigenvalue weighted by Crippen LogP contribution is -2.11. The summed E-state index contributed by atoms with van der Waals surface area (Å²) in [5.74, 6) is 2.61. The van der Waals surface area contributed by atoms with E-state index >= 15 is 0 Å². The third-order valence-corrected chi connectivity index (χ3v) is 7.28. The molecule has 2 aliphatic rings. The molecule has 2 aromatic carbocycles. The first-order valence-corrected chi connectivity index (χ1v) is 11.2. The minimum Gasteiger partial charge on any atom is -0.206 e. The van der Waals surface area contributed by atoms with Crippen LogP contribution < -0.4 is 0 Å². The van der Waals surface area contributed by atoms with E-state index in [4.69, 9.17) is 0 Å². The van der Waals surface area contributed by atoms with E-state index in [0.717, 1.165) is 35.4 Å². The van der Waals surface area contributed by atoms with Gasteiger partial charge in [-0.05, 0) is 85.0 Å².